The number of carbonyl (C=O) groups excluding carboxylic acids is 2. The SMILES string of the molecule is CCOC(=O)c1c(NC(=O)[C@H](C)Oc2ccc(C)cc2C)sc2c1CC[C@@H](C)C2. The summed E-state index contributed by atoms with van der Waals surface area (Å²) < 4.78 is 11.1. The summed E-state index contributed by atoms with van der Waals surface area (Å²) in [5.74, 6) is 0.620. The highest BCUT2D eigenvalue weighted by molar-refractivity contribution is 7.17. The van der Waals surface area contributed by atoms with Crippen molar-refractivity contribution < 1.29 is 19.1 Å². The van der Waals surface area contributed by atoms with Gasteiger partial charge in [0.25, 0.3) is 5.91 Å². The molecular weight excluding hydrogens is 386 g/mol. The zero-order valence-electron chi connectivity index (χ0n) is 17.8. The van der Waals surface area contributed by atoms with Gasteiger partial charge in [-0.3, -0.25) is 4.79 Å². The van der Waals surface area contributed by atoms with Crippen molar-refractivity contribution in [3.8, 4) is 5.75 Å². The Balaban J connectivity index is 1.81. The smallest absolute Gasteiger partial charge is 0.341 e. The second-order valence-corrected chi connectivity index (χ2v) is 8.90. The first kappa shape index (κ1) is 21.4. The predicted octanol–water partition coefficient (Wildman–Crippen LogP) is 5.07. The monoisotopic (exact) mass is 415 g/mol. The van der Waals surface area contributed by atoms with E-state index in [0.29, 0.717) is 28.8 Å². The summed E-state index contributed by atoms with van der Waals surface area (Å²) in [6.45, 7) is 10.00. The molecule has 0 fully saturated rings. The minimum atomic E-state index is -0.690. The lowest BCUT2D eigenvalue weighted by atomic mass is 9.88. The summed E-state index contributed by atoms with van der Waals surface area (Å²) in [5.41, 5.74) is 3.68. The molecule has 1 aromatic carbocycles. The van der Waals surface area contributed by atoms with Gasteiger partial charge in [-0.1, -0.05) is 24.6 Å². The van der Waals surface area contributed by atoms with Gasteiger partial charge in [0.1, 0.15) is 10.8 Å². The van der Waals surface area contributed by atoms with Gasteiger partial charge in [-0.15, -0.1) is 11.3 Å². The molecule has 2 aromatic rings. The molecule has 2 atom stereocenters. The van der Waals surface area contributed by atoms with Gasteiger partial charge in [0.15, 0.2) is 6.10 Å². The lowest BCUT2D eigenvalue weighted by Crippen LogP contribution is -2.30. The van der Waals surface area contributed by atoms with E-state index in [1.807, 2.05) is 32.0 Å². The Hall–Kier alpha value is -2.34. The summed E-state index contributed by atoms with van der Waals surface area (Å²) in [7, 11) is 0. The van der Waals surface area contributed by atoms with Crippen molar-refractivity contribution in [2.75, 3.05) is 11.9 Å². The number of hydrogen-bond acceptors (Lipinski definition) is 5. The first-order chi connectivity index (χ1) is 13.8. The highest BCUT2D eigenvalue weighted by Crippen LogP contribution is 2.40. The average Bonchev–Trinajstić information content (AvgIpc) is 3.00. The van der Waals surface area contributed by atoms with Crippen LogP contribution in [0.2, 0.25) is 0 Å². The fourth-order valence-electron chi connectivity index (χ4n) is 3.65. The third kappa shape index (κ3) is 4.81. The van der Waals surface area contributed by atoms with Gasteiger partial charge in [0, 0.05) is 4.88 Å². The molecule has 0 aliphatic heterocycles. The molecule has 6 heteroatoms. The number of fused-ring (bicyclic) bond motifs is 1. The number of amides is 1. The number of rotatable bonds is 6. The summed E-state index contributed by atoms with van der Waals surface area (Å²) in [4.78, 5) is 26.6. The number of benzene rings is 1. The van der Waals surface area contributed by atoms with Crippen LogP contribution in [0.25, 0.3) is 0 Å². The van der Waals surface area contributed by atoms with E-state index in [-0.39, 0.29) is 11.9 Å². The molecule has 1 amide bonds. The fraction of sp³-hybridized carbons (Fsp3) is 0.478. The second kappa shape index (κ2) is 8.99. The Labute approximate surface area is 176 Å². The molecule has 1 aromatic heterocycles. The van der Waals surface area contributed by atoms with Crippen LogP contribution in [0, 0.1) is 19.8 Å². The number of hydrogen-bond donors (Lipinski definition) is 1. The van der Waals surface area contributed by atoms with Crippen LogP contribution >= 0.6 is 11.3 Å². The summed E-state index contributed by atoms with van der Waals surface area (Å²) in [6, 6.07) is 5.86. The van der Waals surface area contributed by atoms with E-state index in [1.54, 1.807) is 13.8 Å². The Morgan fingerprint density at radius 2 is 2.07 bits per heavy atom. The summed E-state index contributed by atoms with van der Waals surface area (Å²) in [6.07, 6.45) is 2.11. The van der Waals surface area contributed by atoms with Crippen LogP contribution in [0.1, 0.15) is 59.1 Å². The number of thiophene rings is 1. The maximum atomic E-state index is 12.8. The van der Waals surface area contributed by atoms with E-state index < -0.39 is 6.10 Å². The third-order valence-electron chi connectivity index (χ3n) is 5.23. The van der Waals surface area contributed by atoms with E-state index >= 15 is 0 Å². The van der Waals surface area contributed by atoms with Gasteiger partial charge >= 0.3 is 5.97 Å². The van der Waals surface area contributed by atoms with Gasteiger partial charge in [0.05, 0.1) is 12.2 Å². The molecule has 29 heavy (non-hydrogen) atoms. The third-order valence-corrected chi connectivity index (χ3v) is 6.40. The number of aryl methyl sites for hydroxylation is 2. The Bertz CT molecular complexity index is 918. The number of nitrogens with one attached hydrogen (secondary N) is 1. The lowest BCUT2D eigenvalue weighted by Gasteiger charge is -2.18. The van der Waals surface area contributed by atoms with Crippen LogP contribution in [-0.4, -0.2) is 24.6 Å². The molecule has 0 bridgehead atoms. The van der Waals surface area contributed by atoms with Crippen molar-refractivity contribution in [1.82, 2.24) is 0 Å². The van der Waals surface area contributed by atoms with Gasteiger partial charge in [-0.2, -0.15) is 0 Å². The maximum absolute atomic E-state index is 12.8. The quantitative estimate of drug-likeness (QED) is 0.669. The van der Waals surface area contributed by atoms with Gasteiger partial charge in [-0.25, -0.2) is 4.79 Å². The normalized spacial score (nSPS) is 16.7. The molecule has 0 saturated carbocycles. The van der Waals surface area contributed by atoms with Crippen LogP contribution in [-0.2, 0) is 22.4 Å². The number of carbonyl (C=O) groups is 2. The Morgan fingerprint density at radius 3 is 2.76 bits per heavy atom. The molecule has 1 aliphatic carbocycles. The zero-order valence-corrected chi connectivity index (χ0v) is 18.6. The van der Waals surface area contributed by atoms with E-state index in [2.05, 4.69) is 12.2 Å². The van der Waals surface area contributed by atoms with Crippen LogP contribution in [0.3, 0.4) is 0 Å². The molecule has 5 nitrogen and oxygen atoms in total. The van der Waals surface area contributed by atoms with E-state index in [4.69, 9.17) is 9.47 Å². The molecule has 0 radical (unpaired) electrons. The van der Waals surface area contributed by atoms with Crippen LogP contribution in [0.5, 0.6) is 5.75 Å². The average molecular weight is 416 g/mol. The largest absolute Gasteiger partial charge is 0.481 e. The van der Waals surface area contributed by atoms with Crippen molar-refractivity contribution >= 4 is 28.2 Å². The van der Waals surface area contributed by atoms with Gasteiger partial charge < -0.3 is 14.8 Å². The van der Waals surface area contributed by atoms with Crippen LogP contribution < -0.4 is 10.1 Å². The Kier molecular flexibility index (Phi) is 6.63. The van der Waals surface area contributed by atoms with E-state index in [1.165, 1.54) is 16.2 Å². The van der Waals surface area contributed by atoms with Crippen molar-refractivity contribution in [3.63, 3.8) is 0 Å². The molecule has 1 heterocycles. The fourth-order valence-corrected chi connectivity index (χ4v) is 5.05. The number of anilines is 1. The molecule has 156 valence electrons. The van der Waals surface area contributed by atoms with Crippen molar-refractivity contribution in [1.29, 1.82) is 0 Å². The van der Waals surface area contributed by atoms with E-state index in [0.717, 1.165) is 36.0 Å². The molecule has 1 aliphatic rings. The summed E-state index contributed by atoms with van der Waals surface area (Å²) >= 11 is 1.49. The topological polar surface area (TPSA) is 64.6 Å². The molecule has 3 rings (SSSR count). The molecule has 0 spiro atoms. The Morgan fingerprint density at radius 1 is 1.31 bits per heavy atom. The van der Waals surface area contributed by atoms with Gasteiger partial charge in [0.2, 0.25) is 0 Å². The zero-order chi connectivity index (χ0) is 21.1. The van der Waals surface area contributed by atoms with Crippen LogP contribution in [0.4, 0.5) is 5.00 Å². The van der Waals surface area contributed by atoms with E-state index in [9.17, 15) is 9.59 Å². The first-order valence-electron chi connectivity index (χ1n) is 10.2. The van der Waals surface area contributed by atoms with Gasteiger partial charge in [-0.05, 0) is 70.1 Å². The molecular formula is C23H29NO4S. The highest BCUT2D eigenvalue weighted by Gasteiger charge is 2.30. The standard InChI is InChI=1S/C23H29NO4S/c1-6-27-23(26)20-17-9-7-14(3)12-19(17)29-22(20)24-21(25)16(5)28-18-10-8-13(2)11-15(18)4/h8,10-11,14,16H,6-7,9,12H2,1-5H3,(H,24,25)/t14-,16+/m1/s1. The second-order valence-electron chi connectivity index (χ2n) is 7.79. The summed E-state index contributed by atoms with van der Waals surface area (Å²) in [5, 5.41) is 3.50. The lowest BCUT2D eigenvalue weighted by molar-refractivity contribution is -0.122. The molecule has 1 N–H and O–H groups in total. The maximum Gasteiger partial charge on any atom is 0.341 e. The van der Waals surface area contributed by atoms with Crippen molar-refractivity contribution in [3.05, 3.63) is 45.3 Å². The van der Waals surface area contributed by atoms with Crippen LogP contribution in [0.15, 0.2) is 18.2 Å². The molecule has 0 unspecified atom stereocenters. The molecule has 0 saturated heterocycles. The highest BCUT2D eigenvalue weighted by atomic mass is 32.1. The first-order valence-corrected chi connectivity index (χ1v) is 11.0. The number of esters is 1. The minimum Gasteiger partial charge on any atom is -0.481 e. The minimum absolute atomic E-state index is 0.276. The number of ether oxygens (including phenoxy) is 2. The predicted molar refractivity (Wildman–Crippen MR) is 116 cm³/mol. The van der Waals surface area contributed by atoms with Crippen molar-refractivity contribution in [2.24, 2.45) is 5.92 Å². The van der Waals surface area contributed by atoms with Crippen molar-refractivity contribution in [2.45, 2.75) is 60.0 Å².